The second kappa shape index (κ2) is 10.3. The van der Waals surface area contributed by atoms with Crippen LogP contribution >= 0.6 is 0 Å². The number of piperidine rings is 2. The maximum atomic E-state index is 13.2. The Kier molecular flexibility index (Phi) is 6.46. The molecule has 4 aliphatic heterocycles. The van der Waals surface area contributed by atoms with Crippen LogP contribution in [0.4, 0.5) is 0 Å². The van der Waals surface area contributed by atoms with Gasteiger partial charge in [-0.25, -0.2) is 0 Å². The molecule has 2 saturated heterocycles. The van der Waals surface area contributed by atoms with Gasteiger partial charge in [0, 0.05) is 35.1 Å². The van der Waals surface area contributed by atoms with Crippen LogP contribution in [0.3, 0.4) is 0 Å². The summed E-state index contributed by atoms with van der Waals surface area (Å²) < 4.78 is 12.2. The Labute approximate surface area is 238 Å². The van der Waals surface area contributed by atoms with Gasteiger partial charge in [0.05, 0.1) is 25.0 Å². The van der Waals surface area contributed by atoms with Gasteiger partial charge >= 0.3 is 0 Å². The molecule has 4 aliphatic rings. The summed E-state index contributed by atoms with van der Waals surface area (Å²) in [6.45, 7) is 4.09. The predicted molar refractivity (Wildman–Crippen MR) is 149 cm³/mol. The number of nitrogens with zero attached hydrogens (tertiary/aromatic N) is 3. The van der Waals surface area contributed by atoms with E-state index >= 15 is 0 Å². The van der Waals surface area contributed by atoms with Crippen molar-refractivity contribution in [1.82, 2.24) is 20.1 Å². The summed E-state index contributed by atoms with van der Waals surface area (Å²) in [6.07, 6.45) is 4.31. The summed E-state index contributed by atoms with van der Waals surface area (Å²) >= 11 is 0. The molecule has 1 N–H and O–H groups in total. The van der Waals surface area contributed by atoms with Gasteiger partial charge in [0.2, 0.25) is 11.8 Å². The third kappa shape index (κ3) is 4.74. The highest BCUT2D eigenvalue weighted by molar-refractivity contribution is 6.05. The zero-order chi connectivity index (χ0) is 28.0. The SMILES string of the molecule is O=C1CCC(N2Cc3c(ccc4c3OCC43CCN(Cc4ccc(OCc5ccccc5)cn4)CC3)C2=O)C(=O)N1. The maximum Gasteiger partial charge on any atom is 0.255 e. The fourth-order valence-electron chi connectivity index (χ4n) is 6.60. The molecule has 3 amide bonds. The molecule has 41 heavy (non-hydrogen) atoms. The first kappa shape index (κ1) is 25.7. The van der Waals surface area contributed by atoms with Crippen molar-refractivity contribution in [2.75, 3.05) is 19.7 Å². The Balaban J connectivity index is 0.983. The molecule has 3 aromatic rings. The van der Waals surface area contributed by atoms with Crippen molar-refractivity contribution >= 4 is 17.7 Å². The number of ether oxygens (including phenoxy) is 2. The van der Waals surface area contributed by atoms with Crippen LogP contribution in [0.15, 0.2) is 60.8 Å². The van der Waals surface area contributed by atoms with Gasteiger partial charge in [0.25, 0.3) is 5.91 Å². The van der Waals surface area contributed by atoms with Crippen LogP contribution in [-0.4, -0.2) is 58.2 Å². The highest BCUT2D eigenvalue weighted by Crippen LogP contribution is 2.49. The lowest BCUT2D eigenvalue weighted by Gasteiger charge is -2.38. The largest absolute Gasteiger partial charge is 0.492 e. The van der Waals surface area contributed by atoms with E-state index in [9.17, 15) is 14.4 Å². The van der Waals surface area contributed by atoms with E-state index in [-0.39, 0.29) is 23.7 Å². The van der Waals surface area contributed by atoms with E-state index in [1.54, 1.807) is 11.1 Å². The molecular formula is C32H32N4O5. The number of fused-ring (bicyclic) bond motifs is 4. The van der Waals surface area contributed by atoms with Crippen molar-refractivity contribution in [2.45, 2.75) is 56.8 Å². The highest BCUT2D eigenvalue weighted by atomic mass is 16.5. The molecule has 2 fully saturated rings. The molecule has 9 nitrogen and oxygen atoms in total. The number of imide groups is 1. The molecule has 0 bridgehead atoms. The van der Waals surface area contributed by atoms with E-state index < -0.39 is 11.9 Å². The normalized spacial score (nSPS) is 21.4. The number of hydrogen-bond donors (Lipinski definition) is 1. The number of carbonyl (C=O) groups excluding carboxylic acids is 3. The van der Waals surface area contributed by atoms with Gasteiger partial charge < -0.3 is 14.4 Å². The van der Waals surface area contributed by atoms with Gasteiger partial charge in [0.15, 0.2) is 0 Å². The van der Waals surface area contributed by atoms with E-state index in [1.807, 2.05) is 48.5 Å². The predicted octanol–water partition coefficient (Wildman–Crippen LogP) is 3.35. The van der Waals surface area contributed by atoms with Crippen LogP contribution in [0.2, 0.25) is 0 Å². The smallest absolute Gasteiger partial charge is 0.255 e. The molecule has 5 heterocycles. The Bertz CT molecular complexity index is 1500. The summed E-state index contributed by atoms with van der Waals surface area (Å²) in [5.74, 6) is 0.728. The van der Waals surface area contributed by atoms with E-state index in [0.717, 1.165) is 60.8 Å². The first-order valence-corrected chi connectivity index (χ1v) is 14.3. The molecule has 7 rings (SSSR count). The average molecular weight is 553 g/mol. The van der Waals surface area contributed by atoms with Gasteiger partial charge in [-0.3, -0.25) is 29.6 Å². The van der Waals surface area contributed by atoms with Crippen molar-refractivity contribution in [3.05, 3.63) is 88.7 Å². The van der Waals surface area contributed by atoms with Crippen molar-refractivity contribution in [3.8, 4) is 11.5 Å². The standard InChI is InChI=1S/C32H32N4O5/c37-28-11-10-27(30(38)34-28)36-18-25-24(31(36)39)8-9-26-29(25)41-20-32(26)12-14-35(15-13-32)17-22-6-7-23(16-33-22)40-19-21-4-2-1-3-5-21/h1-9,16,27H,10-15,17-20H2,(H,34,37,38). The topological polar surface area (TPSA) is 101 Å². The lowest BCUT2D eigenvalue weighted by molar-refractivity contribution is -0.136. The summed E-state index contributed by atoms with van der Waals surface area (Å²) in [5, 5.41) is 2.37. The van der Waals surface area contributed by atoms with Crippen LogP contribution in [-0.2, 0) is 34.7 Å². The molecule has 0 aliphatic carbocycles. The highest BCUT2D eigenvalue weighted by Gasteiger charge is 2.47. The number of aromatic nitrogens is 1. The first-order chi connectivity index (χ1) is 20.0. The summed E-state index contributed by atoms with van der Waals surface area (Å²) in [7, 11) is 0. The fourth-order valence-corrected chi connectivity index (χ4v) is 6.60. The van der Waals surface area contributed by atoms with Gasteiger partial charge in [-0.05, 0) is 56.1 Å². The lowest BCUT2D eigenvalue weighted by Crippen LogP contribution is -2.52. The van der Waals surface area contributed by atoms with Crippen LogP contribution in [0.5, 0.6) is 11.5 Å². The molecule has 210 valence electrons. The number of pyridine rings is 1. The lowest BCUT2D eigenvalue weighted by atomic mass is 9.74. The average Bonchev–Trinajstić information content (AvgIpc) is 3.52. The number of carbonyl (C=O) groups is 3. The maximum absolute atomic E-state index is 13.2. The Morgan fingerprint density at radius 3 is 2.61 bits per heavy atom. The zero-order valence-electron chi connectivity index (χ0n) is 22.8. The van der Waals surface area contributed by atoms with Crippen LogP contribution < -0.4 is 14.8 Å². The van der Waals surface area contributed by atoms with E-state index in [2.05, 4.69) is 21.3 Å². The molecular weight excluding hydrogens is 520 g/mol. The molecule has 1 unspecified atom stereocenters. The van der Waals surface area contributed by atoms with Crippen LogP contribution in [0.1, 0.15) is 58.4 Å². The van der Waals surface area contributed by atoms with Gasteiger partial charge in [-0.1, -0.05) is 36.4 Å². The number of hydrogen-bond acceptors (Lipinski definition) is 7. The van der Waals surface area contributed by atoms with Gasteiger partial charge in [-0.2, -0.15) is 0 Å². The quantitative estimate of drug-likeness (QED) is 0.468. The van der Waals surface area contributed by atoms with Gasteiger partial charge in [0.1, 0.15) is 24.1 Å². The Hall–Kier alpha value is -4.24. The minimum atomic E-state index is -0.625. The molecule has 2 aromatic carbocycles. The minimum Gasteiger partial charge on any atom is -0.492 e. The van der Waals surface area contributed by atoms with E-state index in [4.69, 9.17) is 9.47 Å². The molecule has 1 spiro atoms. The van der Waals surface area contributed by atoms with Gasteiger partial charge in [-0.15, -0.1) is 0 Å². The molecule has 0 radical (unpaired) electrons. The van der Waals surface area contributed by atoms with E-state index in [0.29, 0.717) is 31.7 Å². The molecule has 1 atom stereocenters. The number of benzene rings is 2. The second-order valence-electron chi connectivity index (χ2n) is 11.5. The first-order valence-electron chi connectivity index (χ1n) is 14.3. The van der Waals surface area contributed by atoms with Crippen molar-refractivity contribution in [1.29, 1.82) is 0 Å². The van der Waals surface area contributed by atoms with Crippen LogP contribution in [0.25, 0.3) is 0 Å². The van der Waals surface area contributed by atoms with E-state index in [1.165, 1.54) is 5.56 Å². The Morgan fingerprint density at radius 2 is 1.85 bits per heavy atom. The third-order valence-corrected chi connectivity index (χ3v) is 8.98. The molecule has 0 saturated carbocycles. The van der Waals surface area contributed by atoms with Crippen molar-refractivity contribution < 1.29 is 23.9 Å². The molecule has 9 heteroatoms. The summed E-state index contributed by atoms with van der Waals surface area (Å²) in [6, 6.07) is 17.4. The third-order valence-electron chi connectivity index (χ3n) is 8.98. The summed E-state index contributed by atoms with van der Waals surface area (Å²) in [5.41, 5.74) is 4.71. The molecule has 1 aromatic heterocycles. The van der Waals surface area contributed by atoms with Crippen molar-refractivity contribution in [2.24, 2.45) is 0 Å². The number of rotatable bonds is 6. The second-order valence-corrected chi connectivity index (χ2v) is 11.5. The fraction of sp³-hybridized carbons (Fsp3) is 0.375. The Morgan fingerprint density at radius 1 is 1.02 bits per heavy atom. The number of amides is 3. The zero-order valence-corrected chi connectivity index (χ0v) is 22.8. The number of nitrogens with one attached hydrogen (secondary N) is 1. The summed E-state index contributed by atoms with van der Waals surface area (Å²) in [4.78, 5) is 45.9. The monoisotopic (exact) mass is 552 g/mol. The number of likely N-dealkylation sites (tertiary alicyclic amines) is 1. The van der Waals surface area contributed by atoms with Crippen LogP contribution in [0, 0.1) is 0 Å². The van der Waals surface area contributed by atoms with Crippen molar-refractivity contribution in [3.63, 3.8) is 0 Å². The minimum absolute atomic E-state index is 0.0749.